The molecular formula is C15H20N4O4. The zero-order valence-corrected chi connectivity index (χ0v) is 13.0. The summed E-state index contributed by atoms with van der Waals surface area (Å²) in [6.07, 6.45) is 3.78. The number of ether oxygens (including phenoxy) is 1. The minimum Gasteiger partial charge on any atom is -0.481 e. The Kier molecular flexibility index (Phi) is 4.16. The number of carboxylic acid groups (broad SMARTS) is 1. The van der Waals surface area contributed by atoms with Gasteiger partial charge in [0.1, 0.15) is 12.1 Å². The van der Waals surface area contributed by atoms with Crippen LogP contribution in [0.2, 0.25) is 0 Å². The van der Waals surface area contributed by atoms with Gasteiger partial charge in [0.15, 0.2) is 0 Å². The molecule has 1 aromatic rings. The van der Waals surface area contributed by atoms with Crippen LogP contribution in [0.4, 0.5) is 10.6 Å². The zero-order valence-electron chi connectivity index (χ0n) is 13.0. The average molecular weight is 320 g/mol. The zero-order chi connectivity index (χ0) is 16.4. The van der Waals surface area contributed by atoms with Gasteiger partial charge in [0, 0.05) is 26.3 Å². The van der Waals surface area contributed by atoms with Crippen LogP contribution in [0.25, 0.3) is 0 Å². The lowest BCUT2D eigenvalue weighted by Gasteiger charge is -2.23. The molecule has 2 amide bonds. The van der Waals surface area contributed by atoms with Crippen molar-refractivity contribution in [2.75, 3.05) is 25.5 Å². The largest absolute Gasteiger partial charge is 0.481 e. The Morgan fingerprint density at radius 1 is 1.52 bits per heavy atom. The second-order valence-electron chi connectivity index (χ2n) is 6.19. The number of hydrogen-bond donors (Lipinski definition) is 2. The molecular weight excluding hydrogens is 300 g/mol. The van der Waals surface area contributed by atoms with Gasteiger partial charge in [-0.2, -0.15) is 0 Å². The van der Waals surface area contributed by atoms with Crippen molar-refractivity contribution < 1.29 is 19.4 Å². The first kappa shape index (κ1) is 15.7. The van der Waals surface area contributed by atoms with Crippen molar-refractivity contribution in [1.29, 1.82) is 0 Å². The highest BCUT2D eigenvalue weighted by Crippen LogP contribution is 2.48. The minimum absolute atomic E-state index is 0.0419. The number of carbonyl (C=O) groups is 2. The number of likely N-dealkylation sites (tertiary alicyclic amines) is 1. The van der Waals surface area contributed by atoms with Gasteiger partial charge in [0.05, 0.1) is 17.7 Å². The Labute approximate surface area is 133 Å². The number of amides is 2. The lowest BCUT2D eigenvalue weighted by molar-refractivity contribution is -0.149. The fraction of sp³-hybridized carbons (Fsp3) is 0.600. The third kappa shape index (κ3) is 2.86. The van der Waals surface area contributed by atoms with E-state index >= 15 is 0 Å². The Bertz CT molecular complexity index is 623. The van der Waals surface area contributed by atoms with Gasteiger partial charge in [-0.15, -0.1) is 0 Å². The van der Waals surface area contributed by atoms with Crippen LogP contribution in [0.5, 0.6) is 0 Å². The Morgan fingerprint density at radius 3 is 3.04 bits per heavy atom. The van der Waals surface area contributed by atoms with Crippen molar-refractivity contribution >= 4 is 17.8 Å². The molecule has 1 aromatic heterocycles. The van der Waals surface area contributed by atoms with Crippen LogP contribution in [0.1, 0.15) is 25.0 Å². The molecule has 2 fully saturated rings. The Morgan fingerprint density at radius 2 is 2.35 bits per heavy atom. The van der Waals surface area contributed by atoms with Crippen LogP contribution in [-0.2, 0) is 16.1 Å². The molecule has 3 rings (SSSR count). The van der Waals surface area contributed by atoms with Gasteiger partial charge < -0.3 is 14.7 Å². The molecule has 124 valence electrons. The van der Waals surface area contributed by atoms with Gasteiger partial charge in [-0.1, -0.05) is 6.42 Å². The number of aromatic nitrogens is 2. The number of nitrogens with zero attached hydrogens (tertiary/aromatic N) is 3. The van der Waals surface area contributed by atoms with E-state index < -0.39 is 11.4 Å². The normalized spacial score (nSPS) is 26.1. The summed E-state index contributed by atoms with van der Waals surface area (Å²) in [6, 6.07) is 1.33. The van der Waals surface area contributed by atoms with Crippen molar-refractivity contribution in [3.8, 4) is 0 Å². The van der Waals surface area contributed by atoms with E-state index in [1.165, 1.54) is 6.33 Å². The van der Waals surface area contributed by atoms with Crippen LogP contribution in [0.15, 0.2) is 12.4 Å². The second-order valence-corrected chi connectivity index (χ2v) is 6.19. The highest BCUT2D eigenvalue weighted by molar-refractivity contribution is 5.89. The second kappa shape index (κ2) is 6.11. The van der Waals surface area contributed by atoms with Crippen molar-refractivity contribution in [2.45, 2.75) is 25.9 Å². The van der Waals surface area contributed by atoms with Gasteiger partial charge >= 0.3 is 12.0 Å². The number of methoxy groups -OCH3 is 1. The summed E-state index contributed by atoms with van der Waals surface area (Å²) in [6.45, 7) is 1.07. The van der Waals surface area contributed by atoms with Gasteiger partial charge in [-0.3, -0.25) is 10.1 Å². The molecule has 2 heterocycles. The summed E-state index contributed by atoms with van der Waals surface area (Å²) in [5.41, 5.74) is -0.109. The fourth-order valence-electron chi connectivity index (χ4n) is 3.67. The fourth-order valence-corrected chi connectivity index (χ4v) is 3.67. The van der Waals surface area contributed by atoms with Crippen LogP contribution in [0, 0.1) is 11.3 Å². The first-order valence-electron chi connectivity index (χ1n) is 7.64. The summed E-state index contributed by atoms with van der Waals surface area (Å²) < 4.78 is 5.00. The van der Waals surface area contributed by atoms with E-state index in [1.54, 1.807) is 18.1 Å². The van der Waals surface area contributed by atoms with Crippen LogP contribution < -0.4 is 5.32 Å². The molecule has 8 heteroatoms. The molecule has 0 spiro atoms. The van der Waals surface area contributed by atoms with Crippen molar-refractivity contribution in [3.63, 3.8) is 0 Å². The first-order chi connectivity index (χ1) is 11.0. The standard InChI is InChI=1S/C15H20N4O4/c1-23-7-11-5-12(17-9-16-11)18-14(22)19-6-10-3-2-4-15(10,8-19)13(20)21/h5,9-10H,2-4,6-8H2,1H3,(H,20,21)(H,16,17,18,22)/t10-,15+/m0/s1. The van der Waals surface area contributed by atoms with Crippen LogP contribution in [0.3, 0.4) is 0 Å². The maximum absolute atomic E-state index is 12.4. The summed E-state index contributed by atoms with van der Waals surface area (Å²) in [5.74, 6) is -0.363. The van der Waals surface area contributed by atoms with Crippen molar-refractivity contribution in [3.05, 3.63) is 18.1 Å². The van der Waals surface area contributed by atoms with E-state index in [1.807, 2.05) is 0 Å². The molecule has 0 radical (unpaired) electrons. The predicted molar refractivity (Wildman–Crippen MR) is 80.7 cm³/mol. The Hall–Kier alpha value is -2.22. The predicted octanol–water partition coefficient (Wildman–Crippen LogP) is 1.34. The summed E-state index contributed by atoms with van der Waals surface area (Å²) in [4.78, 5) is 33.7. The third-order valence-electron chi connectivity index (χ3n) is 4.83. The smallest absolute Gasteiger partial charge is 0.323 e. The quantitative estimate of drug-likeness (QED) is 0.867. The van der Waals surface area contributed by atoms with E-state index in [2.05, 4.69) is 15.3 Å². The molecule has 2 aliphatic rings. The number of aliphatic carboxylic acids is 1. The highest BCUT2D eigenvalue weighted by Gasteiger charge is 2.55. The number of anilines is 1. The molecule has 0 unspecified atom stereocenters. The molecule has 2 atom stereocenters. The van der Waals surface area contributed by atoms with E-state index in [-0.39, 0.29) is 18.5 Å². The number of fused-ring (bicyclic) bond motifs is 1. The van der Waals surface area contributed by atoms with E-state index in [9.17, 15) is 14.7 Å². The number of nitrogens with one attached hydrogen (secondary N) is 1. The average Bonchev–Trinajstić information content (AvgIpc) is 3.05. The van der Waals surface area contributed by atoms with E-state index in [0.717, 1.165) is 12.8 Å². The van der Waals surface area contributed by atoms with Crippen molar-refractivity contribution in [2.24, 2.45) is 11.3 Å². The monoisotopic (exact) mass is 320 g/mol. The van der Waals surface area contributed by atoms with Crippen LogP contribution >= 0.6 is 0 Å². The first-order valence-corrected chi connectivity index (χ1v) is 7.64. The summed E-state index contributed by atoms with van der Waals surface area (Å²) >= 11 is 0. The molecule has 1 saturated carbocycles. The van der Waals surface area contributed by atoms with E-state index in [4.69, 9.17) is 4.74 Å². The van der Waals surface area contributed by atoms with Gasteiger partial charge in [-0.05, 0) is 18.8 Å². The number of carbonyl (C=O) groups excluding carboxylic acids is 1. The minimum atomic E-state index is -0.792. The summed E-state index contributed by atoms with van der Waals surface area (Å²) in [7, 11) is 1.56. The SMILES string of the molecule is COCc1cc(NC(=O)N2C[C@@H]3CCC[C@@]3(C(=O)O)C2)ncn1. The number of hydrogen-bond acceptors (Lipinski definition) is 5. The maximum atomic E-state index is 12.4. The number of rotatable bonds is 4. The molecule has 1 aliphatic carbocycles. The third-order valence-corrected chi connectivity index (χ3v) is 4.83. The summed E-state index contributed by atoms with van der Waals surface area (Å²) in [5, 5.41) is 12.3. The molecule has 0 aromatic carbocycles. The molecule has 0 bridgehead atoms. The Balaban J connectivity index is 1.68. The lowest BCUT2D eigenvalue weighted by Crippen LogP contribution is -2.38. The molecule has 8 nitrogen and oxygen atoms in total. The maximum Gasteiger partial charge on any atom is 0.323 e. The molecule has 2 N–H and O–H groups in total. The molecule has 23 heavy (non-hydrogen) atoms. The topological polar surface area (TPSA) is 105 Å². The van der Waals surface area contributed by atoms with E-state index in [0.29, 0.717) is 31.1 Å². The van der Waals surface area contributed by atoms with Gasteiger partial charge in [0.2, 0.25) is 0 Å². The molecule has 1 saturated heterocycles. The number of urea groups is 1. The highest BCUT2D eigenvalue weighted by atomic mass is 16.5. The van der Waals surface area contributed by atoms with Crippen molar-refractivity contribution in [1.82, 2.24) is 14.9 Å². The van der Waals surface area contributed by atoms with Crippen LogP contribution in [-0.4, -0.2) is 52.2 Å². The molecule has 1 aliphatic heterocycles. The lowest BCUT2D eigenvalue weighted by atomic mass is 9.81. The van der Waals surface area contributed by atoms with Gasteiger partial charge in [-0.25, -0.2) is 14.8 Å². The number of carboxylic acids is 1. The van der Waals surface area contributed by atoms with Gasteiger partial charge in [0.25, 0.3) is 0 Å².